The number of hydrogen-bond acceptors (Lipinski definition) is 0. The van der Waals surface area contributed by atoms with E-state index in [1.54, 1.807) is 0 Å². The van der Waals surface area contributed by atoms with E-state index < -0.39 is 90.6 Å². The first-order valence-corrected chi connectivity index (χ1v) is 12.3. The van der Waals surface area contributed by atoms with Crippen molar-refractivity contribution >= 4 is 43.1 Å². The summed E-state index contributed by atoms with van der Waals surface area (Å²) < 4.78 is 166. The molecule has 0 aromatic heterocycles. The quantitative estimate of drug-likeness (QED) is 0.201. The summed E-state index contributed by atoms with van der Waals surface area (Å²) in [6, 6.07) is -0.806. The standard InChI is InChI=1S/C40H26/c1-2-13-28(14-3-1)39-35-16-6-8-18-37(35)40(38-19-9-7-17-36(38)39)34-23-11-21-32-31(20-10-22-33(32)34)30-25-24-27-12-4-5-15-29(27)26-30/h1-26H/i1D,2D,3D,4D,5D,6D,7D,8D,9D,11D,12D,13D,14D,15D,21D,23D,24D,25D,26D. The van der Waals surface area contributed by atoms with Crippen LogP contribution in [0.4, 0.5) is 0 Å². The van der Waals surface area contributed by atoms with Gasteiger partial charge in [-0.05, 0) is 82.5 Å². The van der Waals surface area contributed by atoms with Crippen LogP contribution in [0.1, 0.15) is 26.0 Å². The molecule has 0 N–H and O–H groups in total. The highest BCUT2D eigenvalue weighted by Crippen LogP contribution is 2.46. The van der Waals surface area contributed by atoms with Gasteiger partial charge in [-0.1, -0.05) is 151 Å². The Balaban J connectivity index is 1.62. The molecule has 0 unspecified atom stereocenters. The summed E-state index contributed by atoms with van der Waals surface area (Å²) >= 11 is 0. The van der Waals surface area contributed by atoms with Crippen molar-refractivity contribution < 1.29 is 26.0 Å². The van der Waals surface area contributed by atoms with Gasteiger partial charge in [0.25, 0.3) is 0 Å². The van der Waals surface area contributed by atoms with Crippen molar-refractivity contribution in [3.8, 4) is 33.4 Å². The van der Waals surface area contributed by atoms with Gasteiger partial charge < -0.3 is 0 Å². The smallest absolute Gasteiger partial charge is 0.0622 e. The Morgan fingerprint density at radius 1 is 0.350 bits per heavy atom. The van der Waals surface area contributed by atoms with Crippen molar-refractivity contribution in [3.63, 3.8) is 0 Å². The lowest BCUT2D eigenvalue weighted by molar-refractivity contribution is 1.65. The molecule has 0 radical (unpaired) electrons. The molecule has 0 atom stereocenters. The average molecular weight is 526 g/mol. The molecule has 0 fully saturated rings. The second kappa shape index (κ2) is 9.22. The van der Waals surface area contributed by atoms with Gasteiger partial charge in [0.05, 0.1) is 26.0 Å². The van der Waals surface area contributed by atoms with E-state index in [0.29, 0.717) is 0 Å². The number of fused-ring (bicyclic) bond motifs is 4. The Hall–Kier alpha value is -5.20. The zero-order valence-corrected chi connectivity index (χ0v) is 20.5. The van der Waals surface area contributed by atoms with Gasteiger partial charge in [-0.3, -0.25) is 0 Å². The van der Waals surface area contributed by atoms with Crippen molar-refractivity contribution in [2.75, 3.05) is 0 Å². The van der Waals surface area contributed by atoms with Crippen LogP contribution in [-0.2, 0) is 0 Å². The van der Waals surface area contributed by atoms with Crippen molar-refractivity contribution in [1.82, 2.24) is 0 Å². The Morgan fingerprint density at radius 2 is 1.00 bits per heavy atom. The molecule has 8 aromatic rings. The third-order valence-corrected chi connectivity index (χ3v) is 6.92. The Morgan fingerprint density at radius 3 is 1.73 bits per heavy atom. The molecule has 0 heteroatoms. The molecule has 0 aliphatic heterocycles. The maximum Gasteiger partial charge on any atom is 0.0636 e. The normalized spacial score (nSPS) is 18.1. The molecule has 0 nitrogen and oxygen atoms in total. The summed E-state index contributed by atoms with van der Waals surface area (Å²) in [5.74, 6) is 0. The highest BCUT2D eigenvalue weighted by Gasteiger charge is 2.18. The number of benzene rings is 8. The molecular formula is C40H26. The molecule has 0 spiro atoms. The molecule has 0 aliphatic carbocycles. The Labute approximate surface area is 260 Å². The van der Waals surface area contributed by atoms with Gasteiger partial charge in [0.2, 0.25) is 0 Å². The molecule has 0 amide bonds. The van der Waals surface area contributed by atoms with Crippen LogP contribution in [0.2, 0.25) is 0 Å². The minimum atomic E-state index is -0.659. The maximum absolute atomic E-state index is 9.37. The molecule has 40 heavy (non-hydrogen) atoms. The maximum atomic E-state index is 9.37. The molecule has 0 bridgehead atoms. The van der Waals surface area contributed by atoms with E-state index in [-0.39, 0.29) is 101 Å². The summed E-state index contributed by atoms with van der Waals surface area (Å²) in [5.41, 5.74) is -0.557. The largest absolute Gasteiger partial charge is 0.0636 e. The van der Waals surface area contributed by atoms with Crippen molar-refractivity contribution in [2.24, 2.45) is 0 Å². The summed E-state index contributed by atoms with van der Waals surface area (Å²) in [7, 11) is 0. The molecule has 0 heterocycles. The average Bonchev–Trinajstić information content (AvgIpc) is 3.20. The van der Waals surface area contributed by atoms with Crippen LogP contribution in [0.25, 0.3) is 76.5 Å². The summed E-state index contributed by atoms with van der Waals surface area (Å²) in [5, 5.41) is -0.282. The third kappa shape index (κ3) is 3.54. The first-order valence-electron chi connectivity index (χ1n) is 21.8. The van der Waals surface area contributed by atoms with E-state index in [0.717, 1.165) is 0 Å². The molecule has 0 aliphatic rings. The zero-order valence-electron chi connectivity index (χ0n) is 39.5. The lowest BCUT2D eigenvalue weighted by Gasteiger charge is -2.19. The van der Waals surface area contributed by atoms with E-state index >= 15 is 0 Å². The van der Waals surface area contributed by atoms with Gasteiger partial charge in [-0.2, -0.15) is 0 Å². The van der Waals surface area contributed by atoms with Gasteiger partial charge >= 0.3 is 0 Å². The molecule has 8 aromatic carbocycles. The van der Waals surface area contributed by atoms with E-state index in [1.165, 1.54) is 42.5 Å². The van der Waals surface area contributed by atoms with E-state index in [4.69, 9.17) is 21.9 Å². The first kappa shape index (κ1) is 10.8. The predicted molar refractivity (Wildman–Crippen MR) is 173 cm³/mol. The molecular weight excluding hydrogens is 480 g/mol. The SMILES string of the molecule is [2H]c1cc2c(-c3c([2H])c([2H])c([2H])c([2H])c3[2H])c3cc([2H])c([2H])cc3c(-c3c([2H])c([2H])c([2H])c4c(-c5c([2H])c([2H])c6c([2H])c([2H])c([2H])c([2H])c6c5[2H])cccc34)c2cc1[2H]. The third-order valence-electron chi connectivity index (χ3n) is 6.92. The first-order chi connectivity index (χ1) is 27.7. The van der Waals surface area contributed by atoms with Crippen LogP contribution in [0.15, 0.2) is 157 Å². The number of hydrogen-bond donors (Lipinski definition) is 0. The Bertz CT molecular complexity index is 3170. The van der Waals surface area contributed by atoms with Crippen LogP contribution in [0, 0.1) is 0 Å². The van der Waals surface area contributed by atoms with Crippen LogP contribution in [0.5, 0.6) is 0 Å². The van der Waals surface area contributed by atoms with E-state index in [1.807, 2.05) is 0 Å². The van der Waals surface area contributed by atoms with Gasteiger partial charge in [0, 0.05) is 0 Å². The fourth-order valence-corrected chi connectivity index (χ4v) is 5.24. The van der Waals surface area contributed by atoms with Gasteiger partial charge in [0.15, 0.2) is 0 Å². The predicted octanol–water partition coefficient (Wildman–Crippen LogP) is 11.3. The van der Waals surface area contributed by atoms with Gasteiger partial charge in [-0.25, -0.2) is 0 Å². The van der Waals surface area contributed by atoms with E-state index in [2.05, 4.69) is 0 Å². The minimum Gasteiger partial charge on any atom is -0.0622 e. The van der Waals surface area contributed by atoms with Crippen molar-refractivity contribution in [1.29, 1.82) is 0 Å². The highest BCUT2D eigenvalue weighted by molar-refractivity contribution is 6.24. The van der Waals surface area contributed by atoms with E-state index in [9.17, 15) is 4.11 Å². The zero-order chi connectivity index (χ0) is 43.0. The van der Waals surface area contributed by atoms with Crippen molar-refractivity contribution in [2.45, 2.75) is 0 Å². The minimum absolute atomic E-state index is 0.00104. The summed E-state index contributed by atoms with van der Waals surface area (Å²) in [6.07, 6.45) is 0. The molecule has 186 valence electrons. The summed E-state index contributed by atoms with van der Waals surface area (Å²) in [6.45, 7) is 0. The van der Waals surface area contributed by atoms with Gasteiger partial charge in [-0.15, -0.1) is 0 Å². The van der Waals surface area contributed by atoms with Crippen LogP contribution in [-0.4, -0.2) is 0 Å². The monoisotopic (exact) mass is 525 g/mol. The molecule has 0 saturated heterocycles. The lowest BCUT2D eigenvalue weighted by Crippen LogP contribution is -1.92. The fourth-order valence-electron chi connectivity index (χ4n) is 5.24. The summed E-state index contributed by atoms with van der Waals surface area (Å²) in [4.78, 5) is 0. The number of rotatable bonds is 3. The van der Waals surface area contributed by atoms with Crippen LogP contribution in [0.3, 0.4) is 0 Å². The van der Waals surface area contributed by atoms with Crippen LogP contribution < -0.4 is 0 Å². The molecule has 8 rings (SSSR count). The second-order valence-electron chi connectivity index (χ2n) is 9.04. The molecule has 0 saturated carbocycles. The lowest BCUT2D eigenvalue weighted by atomic mass is 9.84. The fraction of sp³-hybridized carbons (Fsp3) is 0. The van der Waals surface area contributed by atoms with Gasteiger partial charge in [0.1, 0.15) is 0 Å². The van der Waals surface area contributed by atoms with Crippen LogP contribution >= 0.6 is 0 Å². The Kier molecular flexibility index (Phi) is 2.48. The second-order valence-corrected chi connectivity index (χ2v) is 9.04. The van der Waals surface area contributed by atoms with Crippen molar-refractivity contribution in [3.05, 3.63) is 157 Å². The highest BCUT2D eigenvalue weighted by atomic mass is 14.2. The topological polar surface area (TPSA) is 0 Å².